The third-order valence-corrected chi connectivity index (χ3v) is 5.97. The Morgan fingerprint density at radius 1 is 1.03 bits per heavy atom. The molecule has 1 aromatic heterocycles. The van der Waals surface area contributed by atoms with E-state index in [9.17, 15) is 4.79 Å². The van der Waals surface area contributed by atoms with Crippen LogP contribution in [-0.4, -0.2) is 22.1 Å². The van der Waals surface area contributed by atoms with Gasteiger partial charge in [-0.05, 0) is 24.3 Å². The minimum atomic E-state index is -0.527. The summed E-state index contributed by atoms with van der Waals surface area (Å²) in [4.78, 5) is 16.5. The summed E-state index contributed by atoms with van der Waals surface area (Å²) < 4.78 is 5.28. The number of carbonyl (C=O) groups is 1. The number of carbonyl (C=O) groups excluding carboxylic acids is 1. The lowest BCUT2D eigenvalue weighted by molar-refractivity contribution is -0.123. The Bertz CT molecular complexity index is 757. The van der Waals surface area contributed by atoms with Gasteiger partial charge in [-0.3, -0.25) is 4.79 Å². The van der Waals surface area contributed by atoms with Gasteiger partial charge in [0.25, 0.3) is 0 Å². The van der Waals surface area contributed by atoms with Gasteiger partial charge in [-0.15, -0.1) is 0 Å². The van der Waals surface area contributed by atoms with Crippen molar-refractivity contribution in [3.05, 3.63) is 35.7 Å². The van der Waals surface area contributed by atoms with Crippen molar-refractivity contribution in [2.45, 2.75) is 97.6 Å². The van der Waals surface area contributed by atoms with Gasteiger partial charge >= 0.3 is 0 Å². The summed E-state index contributed by atoms with van der Waals surface area (Å²) in [6.45, 7) is 6.43. The summed E-state index contributed by atoms with van der Waals surface area (Å²) in [7, 11) is 0. The Hall–Kier alpha value is -2.21. The van der Waals surface area contributed by atoms with Crippen LogP contribution in [0, 0.1) is 5.92 Å². The fourth-order valence-electron chi connectivity index (χ4n) is 3.52. The molecule has 2 rings (SSSR count). The molecular weight excluding hydrogens is 388 g/mol. The maximum absolute atomic E-state index is 12.1. The van der Waals surface area contributed by atoms with Gasteiger partial charge in [-0.25, -0.2) is 0 Å². The molecule has 0 fully saturated rings. The quantitative estimate of drug-likeness (QED) is 0.370. The molecule has 0 aliphatic heterocycles. The maximum atomic E-state index is 12.1. The van der Waals surface area contributed by atoms with Crippen LogP contribution in [0.25, 0.3) is 11.4 Å². The Morgan fingerprint density at radius 3 is 2.32 bits per heavy atom. The van der Waals surface area contributed by atoms with E-state index in [4.69, 9.17) is 10.3 Å². The minimum Gasteiger partial charge on any atom is -0.346 e. The van der Waals surface area contributed by atoms with E-state index in [1.165, 1.54) is 56.9 Å². The lowest BCUT2D eigenvalue weighted by Gasteiger charge is -2.16. The van der Waals surface area contributed by atoms with Crippen LogP contribution in [0.2, 0.25) is 0 Å². The van der Waals surface area contributed by atoms with Crippen molar-refractivity contribution >= 4 is 5.91 Å². The molecule has 2 atom stereocenters. The summed E-state index contributed by atoms with van der Waals surface area (Å²) in [6, 6.07) is 7.82. The Morgan fingerprint density at radius 2 is 1.68 bits per heavy atom. The number of aromatic nitrogens is 2. The second-order valence-electron chi connectivity index (χ2n) is 8.56. The van der Waals surface area contributed by atoms with Gasteiger partial charge in [0, 0.05) is 5.56 Å². The number of hydrogen-bond donors (Lipinski definition) is 2. The van der Waals surface area contributed by atoms with Crippen molar-refractivity contribution in [3.63, 3.8) is 0 Å². The molecule has 3 N–H and O–H groups in total. The third kappa shape index (κ3) is 8.82. The minimum absolute atomic E-state index is 0.127. The highest BCUT2D eigenvalue weighted by molar-refractivity contribution is 5.81. The molecule has 0 aliphatic carbocycles. The summed E-state index contributed by atoms with van der Waals surface area (Å²) in [5.74, 6) is 0.846. The number of nitrogens with two attached hydrogens (primary N) is 1. The third-order valence-electron chi connectivity index (χ3n) is 5.97. The van der Waals surface area contributed by atoms with Crippen LogP contribution in [0.1, 0.15) is 90.0 Å². The van der Waals surface area contributed by atoms with Crippen LogP contribution in [0.5, 0.6) is 0 Å². The van der Waals surface area contributed by atoms with Crippen molar-refractivity contribution in [1.29, 1.82) is 0 Å². The predicted molar refractivity (Wildman–Crippen MR) is 125 cm³/mol. The van der Waals surface area contributed by atoms with Gasteiger partial charge in [-0.1, -0.05) is 102 Å². The first-order valence-electron chi connectivity index (χ1n) is 12.0. The van der Waals surface area contributed by atoms with Gasteiger partial charge in [0.1, 0.15) is 0 Å². The van der Waals surface area contributed by atoms with Crippen LogP contribution in [0.3, 0.4) is 0 Å². The van der Waals surface area contributed by atoms with E-state index in [1.54, 1.807) is 0 Å². The first-order chi connectivity index (χ1) is 15.0. The first kappa shape index (κ1) is 25.1. The summed E-state index contributed by atoms with van der Waals surface area (Å²) in [6.07, 6.45) is 12.6. The van der Waals surface area contributed by atoms with Crippen molar-refractivity contribution in [3.8, 4) is 11.4 Å². The van der Waals surface area contributed by atoms with Gasteiger partial charge in [-0.2, -0.15) is 4.98 Å². The molecule has 172 valence electrons. The van der Waals surface area contributed by atoms with E-state index in [0.717, 1.165) is 18.4 Å². The zero-order valence-electron chi connectivity index (χ0n) is 19.5. The molecule has 2 aromatic rings. The molecule has 2 unspecified atom stereocenters. The van der Waals surface area contributed by atoms with Gasteiger partial charge in [0.2, 0.25) is 17.6 Å². The lowest BCUT2D eigenvalue weighted by Crippen LogP contribution is -2.44. The van der Waals surface area contributed by atoms with Crippen molar-refractivity contribution < 1.29 is 9.32 Å². The highest BCUT2D eigenvalue weighted by Crippen LogP contribution is 2.18. The van der Waals surface area contributed by atoms with E-state index >= 15 is 0 Å². The SMILES string of the molecule is CCCCCCCCCCc1ccc(-c2noc(CNC(=O)C(N)C(C)CC)n2)cc1. The molecule has 0 saturated carbocycles. The maximum Gasteiger partial charge on any atom is 0.246 e. The van der Waals surface area contributed by atoms with Crippen molar-refractivity contribution in [1.82, 2.24) is 15.5 Å². The summed E-state index contributed by atoms with van der Waals surface area (Å²) in [5.41, 5.74) is 8.19. The number of hydrogen-bond acceptors (Lipinski definition) is 5. The Balaban J connectivity index is 1.73. The highest BCUT2D eigenvalue weighted by Gasteiger charge is 2.20. The average molecular weight is 429 g/mol. The monoisotopic (exact) mass is 428 g/mol. The highest BCUT2D eigenvalue weighted by atomic mass is 16.5. The van der Waals surface area contributed by atoms with E-state index in [-0.39, 0.29) is 18.4 Å². The molecule has 0 aliphatic rings. The Kier molecular flexibility index (Phi) is 11.3. The fraction of sp³-hybridized carbons (Fsp3) is 0.640. The largest absolute Gasteiger partial charge is 0.346 e. The van der Waals surface area contributed by atoms with E-state index in [2.05, 4.69) is 34.5 Å². The average Bonchev–Trinajstić information content (AvgIpc) is 3.27. The van der Waals surface area contributed by atoms with Crippen molar-refractivity contribution in [2.75, 3.05) is 0 Å². The molecule has 1 heterocycles. The molecule has 0 spiro atoms. The number of benzene rings is 1. The standard InChI is InChI=1S/C25H40N4O2/c1-4-6-7-8-9-10-11-12-13-20-14-16-21(17-15-20)24-28-22(31-29-24)18-27-25(30)23(26)19(3)5-2/h14-17,19,23H,4-13,18,26H2,1-3H3,(H,27,30). The van der Waals surface area contributed by atoms with Crippen LogP contribution in [0.4, 0.5) is 0 Å². The molecule has 6 nitrogen and oxygen atoms in total. The number of aryl methyl sites for hydroxylation is 1. The zero-order chi connectivity index (χ0) is 22.5. The molecular formula is C25H40N4O2. The Labute approximate surface area is 187 Å². The lowest BCUT2D eigenvalue weighted by atomic mass is 9.99. The normalized spacial score (nSPS) is 13.2. The molecule has 1 amide bonds. The second kappa shape index (κ2) is 14.0. The molecule has 0 saturated heterocycles. The number of nitrogens with one attached hydrogen (secondary N) is 1. The molecule has 0 radical (unpaired) electrons. The van der Waals surface area contributed by atoms with E-state index in [0.29, 0.717) is 11.7 Å². The van der Waals surface area contributed by atoms with Crippen LogP contribution in [-0.2, 0) is 17.8 Å². The van der Waals surface area contributed by atoms with Crippen LogP contribution >= 0.6 is 0 Å². The second-order valence-corrected chi connectivity index (χ2v) is 8.56. The first-order valence-corrected chi connectivity index (χ1v) is 12.0. The molecule has 0 bridgehead atoms. The molecule has 1 aromatic carbocycles. The number of amides is 1. The fourth-order valence-corrected chi connectivity index (χ4v) is 3.52. The van der Waals surface area contributed by atoms with Gasteiger partial charge < -0.3 is 15.6 Å². The summed E-state index contributed by atoms with van der Waals surface area (Å²) >= 11 is 0. The van der Waals surface area contributed by atoms with E-state index in [1.807, 2.05) is 26.0 Å². The van der Waals surface area contributed by atoms with Gasteiger partial charge in [0.15, 0.2) is 0 Å². The zero-order valence-corrected chi connectivity index (χ0v) is 19.5. The van der Waals surface area contributed by atoms with E-state index < -0.39 is 6.04 Å². The molecule has 6 heteroatoms. The summed E-state index contributed by atoms with van der Waals surface area (Å²) in [5, 5.41) is 6.81. The predicted octanol–water partition coefficient (Wildman–Crippen LogP) is 5.41. The van der Waals surface area contributed by atoms with Crippen LogP contribution in [0.15, 0.2) is 28.8 Å². The number of nitrogens with zero attached hydrogens (tertiary/aromatic N) is 2. The smallest absolute Gasteiger partial charge is 0.246 e. The number of rotatable bonds is 15. The molecule has 31 heavy (non-hydrogen) atoms. The van der Waals surface area contributed by atoms with Gasteiger partial charge in [0.05, 0.1) is 12.6 Å². The van der Waals surface area contributed by atoms with Crippen molar-refractivity contribution in [2.24, 2.45) is 11.7 Å². The topological polar surface area (TPSA) is 94.0 Å². The van der Waals surface area contributed by atoms with Crippen LogP contribution < -0.4 is 11.1 Å². The number of unbranched alkanes of at least 4 members (excludes halogenated alkanes) is 7.